The quantitative estimate of drug-likeness (QED) is 0.660. The van der Waals surface area contributed by atoms with Crippen molar-refractivity contribution in [2.75, 3.05) is 0 Å². The predicted molar refractivity (Wildman–Crippen MR) is 110 cm³/mol. The molecule has 0 aromatic carbocycles. The summed E-state index contributed by atoms with van der Waals surface area (Å²) in [5.74, 6) is -0.593. The highest BCUT2D eigenvalue weighted by atomic mass is 19.4. The Kier molecular flexibility index (Phi) is 4.65. The molecule has 1 atom stereocenters. The standard InChI is InChI=1S/C22H23F3N6O/c1-21(6-7-21)18-10-13(5-8-26-18)15-11-16-14(4-3-9-31(16)28-15)27-20(32)17-12-19(22(23,24)25)29-30(17)2/h5,8,10-12,14H,3-4,6-7,9H2,1-2H3,(H,27,32). The molecule has 2 aliphatic rings. The molecule has 3 aromatic heterocycles. The average molecular weight is 444 g/mol. The summed E-state index contributed by atoms with van der Waals surface area (Å²) >= 11 is 0. The Morgan fingerprint density at radius 2 is 2.00 bits per heavy atom. The zero-order chi connectivity index (χ0) is 22.7. The SMILES string of the molecule is Cn1nc(C(F)(F)F)cc1C(=O)NC1CCCn2nc(-c3ccnc(C4(C)CC4)c3)cc21. The highest BCUT2D eigenvalue weighted by Gasteiger charge is 2.40. The minimum absolute atomic E-state index is 0.134. The van der Waals surface area contributed by atoms with E-state index < -0.39 is 17.8 Å². The van der Waals surface area contributed by atoms with E-state index in [2.05, 4.69) is 28.4 Å². The molecule has 0 bridgehead atoms. The summed E-state index contributed by atoms with van der Waals surface area (Å²) in [6, 6.07) is 6.37. The van der Waals surface area contributed by atoms with Gasteiger partial charge in [-0.25, -0.2) is 0 Å². The van der Waals surface area contributed by atoms with Gasteiger partial charge in [0.1, 0.15) is 5.69 Å². The Morgan fingerprint density at radius 3 is 2.69 bits per heavy atom. The van der Waals surface area contributed by atoms with Crippen molar-refractivity contribution < 1.29 is 18.0 Å². The average Bonchev–Trinajstić information content (AvgIpc) is 3.17. The molecule has 10 heteroatoms. The Hall–Kier alpha value is -3.17. The maximum atomic E-state index is 12.9. The molecule has 7 nitrogen and oxygen atoms in total. The van der Waals surface area contributed by atoms with Gasteiger partial charge in [0.25, 0.3) is 5.91 Å². The van der Waals surface area contributed by atoms with Crippen LogP contribution in [0.25, 0.3) is 11.3 Å². The van der Waals surface area contributed by atoms with E-state index in [1.807, 2.05) is 16.8 Å². The molecule has 1 aliphatic carbocycles. The fraction of sp³-hybridized carbons (Fsp3) is 0.455. The molecule has 0 saturated heterocycles. The normalized spacial score (nSPS) is 19.5. The number of fused-ring (bicyclic) bond motifs is 1. The number of pyridine rings is 1. The van der Waals surface area contributed by atoms with E-state index in [1.54, 1.807) is 6.20 Å². The maximum absolute atomic E-state index is 12.9. The third-order valence-corrected chi connectivity index (χ3v) is 6.41. The summed E-state index contributed by atoms with van der Waals surface area (Å²) in [7, 11) is 1.33. The van der Waals surface area contributed by atoms with Gasteiger partial charge in [-0.2, -0.15) is 23.4 Å². The molecule has 32 heavy (non-hydrogen) atoms. The van der Waals surface area contributed by atoms with E-state index in [9.17, 15) is 18.0 Å². The van der Waals surface area contributed by atoms with E-state index in [1.165, 1.54) is 7.05 Å². The van der Waals surface area contributed by atoms with Gasteiger partial charge in [-0.05, 0) is 43.9 Å². The number of rotatable bonds is 4. The summed E-state index contributed by atoms with van der Waals surface area (Å²) in [6.45, 7) is 2.92. The fourth-order valence-corrected chi connectivity index (χ4v) is 4.19. The van der Waals surface area contributed by atoms with Crippen LogP contribution < -0.4 is 5.32 Å². The number of nitrogens with zero attached hydrogens (tertiary/aromatic N) is 5. The van der Waals surface area contributed by atoms with E-state index in [-0.39, 0.29) is 17.2 Å². The second-order valence-electron chi connectivity index (χ2n) is 8.87. The first kappa shape index (κ1) is 20.7. The molecule has 3 aromatic rings. The van der Waals surface area contributed by atoms with Crippen molar-refractivity contribution in [1.29, 1.82) is 0 Å². The summed E-state index contributed by atoms with van der Waals surface area (Å²) in [5, 5.41) is 11.0. The summed E-state index contributed by atoms with van der Waals surface area (Å²) in [4.78, 5) is 17.3. The van der Waals surface area contributed by atoms with Gasteiger partial charge in [-0.3, -0.25) is 19.1 Å². The third-order valence-electron chi connectivity index (χ3n) is 6.41. The highest BCUT2D eigenvalue weighted by molar-refractivity contribution is 5.93. The molecule has 1 saturated carbocycles. The third kappa shape index (κ3) is 3.67. The van der Waals surface area contributed by atoms with Crippen LogP contribution in [-0.2, 0) is 25.2 Å². The van der Waals surface area contributed by atoms with Gasteiger partial charge in [0.15, 0.2) is 5.69 Å². The van der Waals surface area contributed by atoms with Crippen LogP contribution in [0.5, 0.6) is 0 Å². The Bertz CT molecular complexity index is 1190. The zero-order valence-corrected chi connectivity index (χ0v) is 17.8. The van der Waals surface area contributed by atoms with Crippen molar-refractivity contribution in [3.05, 3.63) is 53.2 Å². The van der Waals surface area contributed by atoms with Crippen LogP contribution in [0.2, 0.25) is 0 Å². The lowest BCUT2D eigenvalue weighted by Crippen LogP contribution is -2.33. The number of amides is 1. The smallest absolute Gasteiger partial charge is 0.342 e. The summed E-state index contributed by atoms with van der Waals surface area (Å²) in [5.41, 5.74) is 2.59. The predicted octanol–water partition coefficient (Wildman–Crippen LogP) is 4.01. The second-order valence-corrected chi connectivity index (χ2v) is 8.87. The van der Waals surface area contributed by atoms with Crippen molar-refractivity contribution in [3.63, 3.8) is 0 Å². The van der Waals surface area contributed by atoms with Crippen molar-refractivity contribution in [1.82, 2.24) is 29.9 Å². The lowest BCUT2D eigenvalue weighted by atomic mass is 10.0. The summed E-state index contributed by atoms with van der Waals surface area (Å²) < 4.78 is 41.7. The maximum Gasteiger partial charge on any atom is 0.435 e. The lowest BCUT2D eigenvalue weighted by molar-refractivity contribution is -0.141. The van der Waals surface area contributed by atoms with E-state index in [0.29, 0.717) is 6.42 Å². The lowest BCUT2D eigenvalue weighted by Gasteiger charge is -2.24. The van der Waals surface area contributed by atoms with Crippen molar-refractivity contribution in [2.45, 2.75) is 56.8 Å². The van der Waals surface area contributed by atoms with Crippen molar-refractivity contribution in [2.24, 2.45) is 7.05 Å². The van der Waals surface area contributed by atoms with Gasteiger partial charge in [0.2, 0.25) is 0 Å². The van der Waals surface area contributed by atoms with Crippen LogP contribution in [0, 0.1) is 0 Å². The Morgan fingerprint density at radius 1 is 1.22 bits per heavy atom. The number of aryl methyl sites for hydroxylation is 2. The molecule has 1 aliphatic heterocycles. The number of aromatic nitrogens is 5. The molecule has 4 heterocycles. The molecule has 1 fully saturated rings. The first-order chi connectivity index (χ1) is 15.1. The number of nitrogens with one attached hydrogen (secondary N) is 1. The Balaban J connectivity index is 1.40. The molecular weight excluding hydrogens is 421 g/mol. The van der Waals surface area contributed by atoms with E-state index in [4.69, 9.17) is 5.10 Å². The largest absolute Gasteiger partial charge is 0.435 e. The first-order valence-corrected chi connectivity index (χ1v) is 10.6. The highest BCUT2D eigenvalue weighted by Crippen LogP contribution is 2.47. The second kappa shape index (κ2) is 7.18. The van der Waals surface area contributed by atoms with Gasteiger partial charge in [0, 0.05) is 42.5 Å². The molecule has 1 amide bonds. The van der Waals surface area contributed by atoms with Crippen LogP contribution in [0.4, 0.5) is 13.2 Å². The minimum atomic E-state index is -4.60. The van der Waals surface area contributed by atoms with Crippen LogP contribution in [0.15, 0.2) is 30.5 Å². The van der Waals surface area contributed by atoms with E-state index in [0.717, 1.165) is 59.2 Å². The van der Waals surface area contributed by atoms with Gasteiger partial charge in [0.05, 0.1) is 17.4 Å². The number of carbonyl (C=O) groups excluding carboxylic acids is 1. The van der Waals surface area contributed by atoms with Gasteiger partial charge in [-0.15, -0.1) is 0 Å². The van der Waals surface area contributed by atoms with Crippen LogP contribution >= 0.6 is 0 Å². The number of hydrogen-bond acceptors (Lipinski definition) is 4. The Labute approximate surface area is 182 Å². The van der Waals surface area contributed by atoms with Gasteiger partial charge in [-0.1, -0.05) is 6.92 Å². The molecule has 1 unspecified atom stereocenters. The van der Waals surface area contributed by atoms with Crippen LogP contribution in [0.3, 0.4) is 0 Å². The van der Waals surface area contributed by atoms with Gasteiger partial charge >= 0.3 is 6.18 Å². The minimum Gasteiger partial charge on any atom is -0.342 e. The molecule has 0 radical (unpaired) electrons. The first-order valence-electron chi connectivity index (χ1n) is 10.6. The van der Waals surface area contributed by atoms with Crippen LogP contribution in [0.1, 0.15) is 66.2 Å². The number of halogens is 3. The van der Waals surface area contributed by atoms with E-state index >= 15 is 0 Å². The molecule has 0 spiro atoms. The molecule has 5 rings (SSSR count). The molecular formula is C22H23F3N6O. The zero-order valence-electron chi connectivity index (χ0n) is 17.8. The fourth-order valence-electron chi connectivity index (χ4n) is 4.19. The number of carbonyl (C=O) groups is 1. The van der Waals surface area contributed by atoms with Crippen LogP contribution in [-0.4, -0.2) is 30.5 Å². The number of alkyl halides is 3. The van der Waals surface area contributed by atoms with Crippen molar-refractivity contribution >= 4 is 5.91 Å². The molecule has 168 valence electrons. The molecule has 1 N–H and O–H groups in total. The van der Waals surface area contributed by atoms with Gasteiger partial charge < -0.3 is 5.32 Å². The van der Waals surface area contributed by atoms with Crippen molar-refractivity contribution in [3.8, 4) is 11.3 Å². The monoisotopic (exact) mass is 444 g/mol. The number of hydrogen-bond donors (Lipinski definition) is 1. The summed E-state index contributed by atoms with van der Waals surface area (Å²) in [6.07, 6.45) is 0.934. The topological polar surface area (TPSA) is 77.6 Å².